The van der Waals surface area contributed by atoms with Crippen LogP contribution in [0.25, 0.3) is 0 Å². The van der Waals surface area contributed by atoms with Crippen LogP contribution in [0, 0.1) is 0 Å². The minimum Gasteiger partial charge on any atom is -0.385 e. The number of benzene rings is 1. The number of fused-ring (bicyclic) bond motifs is 1. The summed E-state index contributed by atoms with van der Waals surface area (Å²) in [5.41, 5.74) is 4.25. The number of hydrogen-bond acceptors (Lipinski definition) is 3. The Morgan fingerprint density at radius 2 is 2.20 bits per heavy atom. The fraction of sp³-hybridized carbons (Fsp3) is 0.647. The number of anilines is 1. The van der Waals surface area contributed by atoms with Gasteiger partial charge in [-0.15, -0.1) is 0 Å². The van der Waals surface area contributed by atoms with Crippen LogP contribution in [0.2, 0.25) is 0 Å². The van der Waals surface area contributed by atoms with E-state index in [1.54, 1.807) is 0 Å². The maximum atomic E-state index is 5.54. The molecular weight excluding hydrogens is 248 g/mol. The Morgan fingerprint density at radius 3 is 3.05 bits per heavy atom. The summed E-state index contributed by atoms with van der Waals surface area (Å²) in [5.74, 6) is 0. The lowest BCUT2D eigenvalue weighted by atomic mass is 9.99. The smallest absolute Gasteiger partial charge is 0.0518 e. The van der Waals surface area contributed by atoms with E-state index in [2.05, 4.69) is 42.7 Å². The van der Waals surface area contributed by atoms with E-state index in [1.165, 1.54) is 36.1 Å². The number of unbranched alkanes of at least 4 members (excludes halogenated alkanes) is 1. The van der Waals surface area contributed by atoms with Gasteiger partial charge in [-0.3, -0.25) is 0 Å². The number of para-hydroxylation sites is 1. The zero-order valence-electron chi connectivity index (χ0n) is 12.9. The van der Waals surface area contributed by atoms with Crippen molar-refractivity contribution in [2.75, 3.05) is 25.0 Å². The van der Waals surface area contributed by atoms with E-state index in [-0.39, 0.29) is 0 Å². The molecule has 3 nitrogen and oxygen atoms in total. The summed E-state index contributed by atoms with van der Waals surface area (Å²) in [6.07, 6.45) is 5.12. The number of hydrogen-bond donors (Lipinski definition) is 2. The molecule has 0 atom stereocenters. The largest absolute Gasteiger partial charge is 0.385 e. The SMILES string of the molecule is CC(C)OCCCCNCc1cccc2c1NCCC2. The van der Waals surface area contributed by atoms with E-state index in [1.807, 2.05) is 0 Å². The topological polar surface area (TPSA) is 33.3 Å². The molecule has 1 aliphatic heterocycles. The molecule has 2 N–H and O–H groups in total. The molecule has 0 spiro atoms. The molecule has 0 saturated carbocycles. The van der Waals surface area contributed by atoms with Crippen LogP contribution in [0.4, 0.5) is 5.69 Å². The van der Waals surface area contributed by atoms with Gasteiger partial charge in [0.05, 0.1) is 6.10 Å². The molecule has 1 aromatic rings. The summed E-state index contributed by atoms with van der Waals surface area (Å²) < 4.78 is 5.54. The molecule has 1 aromatic carbocycles. The predicted octanol–water partition coefficient (Wildman–Crippen LogP) is 3.34. The second-order valence-electron chi connectivity index (χ2n) is 5.79. The van der Waals surface area contributed by atoms with Gasteiger partial charge in [0.25, 0.3) is 0 Å². The normalized spacial score (nSPS) is 14.2. The summed E-state index contributed by atoms with van der Waals surface area (Å²) >= 11 is 0. The minimum atomic E-state index is 0.352. The molecule has 0 aliphatic carbocycles. The number of rotatable bonds is 8. The Hall–Kier alpha value is -1.06. The third kappa shape index (κ3) is 4.80. The van der Waals surface area contributed by atoms with Gasteiger partial charge in [-0.25, -0.2) is 0 Å². The number of nitrogens with one attached hydrogen (secondary N) is 2. The highest BCUT2D eigenvalue weighted by Crippen LogP contribution is 2.25. The van der Waals surface area contributed by atoms with E-state index < -0.39 is 0 Å². The van der Waals surface area contributed by atoms with E-state index in [4.69, 9.17) is 4.74 Å². The molecule has 112 valence electrons. The van der Waals surface area contributed by atoms with Gasteiger partial charge < -0.3 is 15.4 Å². The lowest BCUT2D eigenvalue weighted by Crippen LogP contribution is -2.19. The van der Waals surface area contributed by atoms with E-state index in [9.17, 15) is 0 Å². The van der Waals surface area contributed by atoms with Crippen molar-refractivity contribution in [3.8, 4) is 0 Å². The van der Waals surface area contributed by atoms with Crippen LogP contribution < -0.4 is 10.6 Å². The van der Waals surface area contributed by atoms with Crippen LogP contribution in [-0.4, -0.2) is 25.8 Å². The molecule has 0 saturated heterocycles. The molecule has 1 heterocycles. The maximum Gasteiger partial charge on any atom is 0.0518 e. The Balaban J connectivity index is 1.67. The van der Waals surface area contributed by atoms with Gasteiger partial charge in [0, 0.05) is 25.4 Å². The lowest BCUT2D eigenvalue weighted by molar-refractivity contribution is 0.0760. The fourth-order valence-corrected chi connectivity index (χ4v) is 2.62. The quantitative estimate of drug-likeness (QED) is 0.714. The summed E-state index contributed by atoms with van der Waals surface area (Å²) in [6.45, 7) is 8.18. The Labute approximate surface area is 123 Å². The average Bonchev–Trinajstić information content (AvgIpc) is 2.46. The second kappa shape index (κ2) is 8.28. The van der Waals surface area contributed by atoms with Gasteiger partial charge in [-0.1, -0.05) is 18.2 Å². The van der Waals surface area contributed by atoms with Crippen molar-refractivity contribution in [1.29, 1.82) is 0 Å². The third-order valence-electron chi connectivity index (χ3n) is 3.68. The highest BCUT2D eigenvalue weighted by Gasteiger charge is 2.11. The van der Waals surface area contributed by atoms with Crippen molar-refractivity contribution < 1.29 is 4.74 Å². The van der Waals surface area contributed by atoms with Crippen molar-refractivity contribution in [2.45, 2.75) is 52.2 Å². The van der Waals surface area contributed by atoms with E-state index in [0.29, 0.717) is 6.10 Å². The highest BCUT2D eigenvalue weighted by atomic mass is 16.5. The van der Waals surface area contributed by atoms with E-state index in [0.717, 1.165) is 32.7 Å². The predicted molar refractivity (Wildman–Crippen MR) is 85.3 cm³/mol. The Kier molecular flexibility index (Phi) is 6.34. The molecule has 2 rings (SSSR count). The third-order valence-corrected chi connectivity index (χ3v) is 3.68. The summed E-state index contributed by atoms with van der Waals surface area (Å²) in [7, 11) is 0. The van der Waals surface area contributed by atoms with Crippen LogP contribution >= 0.6 is 0 Å². The molecule has 0 aromatic heterocycles. The standard InChI is InChI=1S/C17H28N2O/c1-14(2)20-12-4-3-10-18-13-16-8-5-7-15-9-6-11-19-17(15)16/h5,7-8,14,18-19H,3-4,6,9-13H2,1-2H3. The average molecular weight is 276 g/mol. The van der Waals surface area contributed by atoms with Crippen molar-refractivity contribution in [3.63, 3.8) is 0 Å². The zero-order valence-corrected chi connectivity index (χ0v) is 12.9. The molecule has 3 heteroatoms. The van der Waals surface area contributed by atoms with Gasteiger partial charge in [-0.05, 0) is 57.2 Å². The number of ether oxygens (including phenoxy) is 1. The highest BCUT2D eigenvalue weighted by molar-refractivity contribution is 5.59. The second-order valence-corrected chi connectivity index (χ2v) is 5.79. The summed E-state index contributed by atoms with van der Waals surface area (Å²) in [6, 6.07) is 6.65. The molecule has 0 bridgehead atoms. The molecule has 0 fully saturated rings. The van der Waals surface area contributed by atoms with Crippen LogP contribution in [0.15, 0.2) is 18.2 Å². The Morgan fingerprint density at radius 1 is 1.30 bits per heavy atom. The minimum absolute atomic E-state index is 0.352. The molecule has 20 heavy (non-hydrogen) atoms. The molecule has 0 amide bonds. The van der Waals surface area contributed by atoms with Crippen LogP contribution in [0.3, 0.4) is 0 Å². The first kappa shape index (κ1) is 15.3. The first-order chi connectivity index (χ1) is 9.77. The first-order valence-corrected chi connectivity index (χ1v) is 7.94. The molecular formula is C17H28N2O. The molecule has 0 radical (unpaired) electrons. The van der Waals surface area contributed by atoms with E-state index >= 15 is 0 Å². The summed E-state index contributed by atoms with van der Waals surface area (Å²) in [4.78, 5) is 0. The van der Waals surface area contributed by atoms with Crippen molar-refractivity contribution in [2.24, 2.45) is 0 Å². The van der Waals surface area contributed by atoms with Crippen LogP contribution in [-0.2, 0) is 17.7 Å². The Bertz CT molecular complexity index is 404. The zero-order chi connectivity index (χ0) is 14.2. The lowest BCUT2D eigenvalue weighted by Gasteiger charge is -2.21. The first-order valence-electron chi connectivity index (χ1n) is 7.94. The van der Waals surface area contributed by atoms with Gasteiger partial charge in [-0.2, -0.15) is 0 Å². The van der Waals surface area contributed by atoms with Gasteiger partial charge in [0.2, 0.25) is 0 Å². The maximum absolute atomic E-state index is 5.54. The van der Waals surface area contributed by atoms with Crippen molar-refractivity contribution in [3.05, 3.63) is 29.3 Å². The molecule has 1 aliphatic rings. The van der Waals surface area contributed by atoms with Crippen molar-refractivity contribution in [1.82, 2.24) is 5.32 Å². The van der Waals surface area contributed by atoms with Crippen LogP contribution in [0.1, 0.15) is 44.2 Å². The van der Waals surface area contributed by atoms with Crippen LogP contribution in [0.5, 0.6) is 0 Å². The van der Waals surface area contributed by atoms with Gasteiger partial charge in [0.15, 0.2) is 0 Å². The monoisotopic (exact) mass is 276 g/mol. The van der Waals surface area contributed by atoms with Crippen molar-refractivity contribution >= 4 is 5.69 Å². The van der Waals surface area contributed by atoms with Gasteiger partial charge in [0.1, 0.15) is 0 Å². The fourth-order valence-electron chi connectivity index (χ4n) is 2.62. The molecule has 0 unspecified atom stereocenters. The van der Waals surface area contributed by atoms with Gasteiger partial charge >= 0.3 is 0 Å². The summed E-state index contributed by atoms with van der Waals surface area (Å²) in [5, 5.41) is 7.09. The number of aryl methyl sites for hydroxylation is 1.